The van der Waals surface area contributed by atoms with Crippen LogP contribution in [-0.2, 0) is 4.79 Å². The Balaban J connectivity index is 1.78. The van der Waals surface area contributed by atoms with Crippen molar-refractivity contribution in [1.29, 1.82) is 5.41 Å². The highest BCUT2D eigenvalue weighted by Crippen LogP contribution is 2.56. The zero-order valence-electron chi connectivity index (χ0n) is 17.4. The minimum Gasteiger partial charge on any atom is -0.493 e. The number of allylic oxidation sites excluding steroid dienone is 1. The number of likely N-dealkylation sites (tertiary alicyclic amines) is 1. The number of carbonyl (C=O) groups is 1. The van der Waals surface area contributed by atoms with Gasteiger partial charge in [-0.3, -0.25) is 10.2 Å². The Hall–Kier alpha value is -2.90. The van der Waals surface area contributed by atoms with E-state index in [0.29, 0.717) is 18.7 Å². The molecule has 1 spiro atoms. The summed E-state index contributed by atoms with van der Waals surface area (Å²) in [7, 11) is 1.46. The number of benzene rings is 1. The molecule has 1 amide bonds. The first kappa shape index (κ1) is 21.8. The van der Waals surface area contributed by atoms with Gasteiger partial charge in [-0.25, -0.2) is 8.78 Å². The average Bonchev–Trinajstić information content (AvgIpc) is 3.47. The van der Waals surface area contributed by atoms with Crippen LogP contribution in [0.2, 0.25) is 0 Å². The van der Waals surface area contributed by atoms with E-state index in [-0.39, 0.29) is 29.5 Å². The molecule has 1 aromatic rings. The summed E-state index contributed by atoms with van der Waals surface area (Å²) >= 11 is 0. The van der Waals surface area contributed by atoms with Crippen molar-refractivity contribution in [1.82, 2.24) is 10.2 Å². The van der Waals surface area contributed by atoms with Gasteiger partial charge in [-0.15, -0.1) is 0 Å². The lowest BCUT2D eigenvalue weighted by Crippen LogP contribution is -2.39. The lowest BCUT2D eigenvalue weighted by atomic mass is 9.87. The van der Waals surface area contributed by atoms with Crippen LogP contribution in [0.3, 0.4) is 0 Å². The molecule has 1 aliphatic heterocycles. The molecule has 8 heteroatoms. The molecular weight excluding hydrogens is 392 g/mol. The number of ether oxygens (including phenoxy) is 2. The molecule has 3 rings (SSSR count). The maximum absolute atomic E-state index is 12.5. The van der Waals surface area contributed by atoms with Crippen molar-refractivity contribution in [3.8, 4) is 11.5 Å². The van der Waals surface area contributed by atoms with Crippen molar-refractivity contribution in [2.75, 3.05) is 20.3 Å². The van der Waals surface area contributed by atoms with E-state index in [9.17, 15) is 13.6 Å². The summed E-state index contributed by atoms with van der Waals surface area (Å²) in [5.41, 5.74) is 1.36. The molecule has 1 saturated heterocycles. The Bertz CT molecular complexity index is 878. The average molecular weight is 419 g/mol. The molecular formula is C22H27F2N3O3. The molecule has 1 fully saturated rings. The van der Waals surface area contributed by atoms with Crippen molar-refractivity contribution in [3.63, 3.8) is 0 Å². The quantitative estimate of drug-likeness (QED) is 0.381. The van der Waals surface area contributed by atoms with E-state index in [4.69, 9.17) is 14.9 Å². The first-order valence-electron chi connectivity index (χ1n) is 9.87. The normalized spacial score (nSPS) is 19.9. The van der Waals surface area contributed by atoms with Crippen LogP contribution in [-0.4, -0.2) is 43.3 Å². The zero-order chi connectivity index (χ0) is 22.1. The molecule has 2 N–H and O–H groups in total. The second-order valence-electron chi connectivity index (χ2n) is 7.52. The largest absolute Gasteiger partial charge is 0.493 e. The lowest BCUT2D eigenvalue weighted by Gasteiger charge is -2.29. The highest BCUT2D eigenvalue weighted by molar-refractivity contribution is 5.99. The molecule has 0 saturated carbocycles. The van der Waals surface area contributed by atoms with Gasteiger partial charge >= 0.3 is 0 Å². The number of halogens is 2. The van der Waals surface area contributed by atoms with Crippen molar-refractivity contribution < 1.29 is 23.0 Å². The van der Waals surface area contributed by atoms with Crippen molar-refractivity contribution in [2.24, 2.45) is 11.3 Å². The highest BCUT2D eigenvalue weighted by Gasteiger charge is 2.55. The number of amides is 1. The van der Waals surface area contributed by atoms with Gasteiger partial charge in [0.2, 0.25) is 5.91 Å². The number of alkyl halides is 2. The maximum Gasteiger partial charge on any atom is 0.272 e. The molecule has 162 valence electrons. The van der Waals surface area contributed by atoms with Gasteiger partial charge in [0.15, 0.2) is 11.5 Å². The summed E-state index contributed by atoms with van der Waals surface area (Å²) in [5.74, 6) is 0.436. The molecule has 0 radical (unpaired) electrons. The Morgan fingerprint density at radius 2 is 2.10 bits per heavy atom. The van der Waals surface area contributed by atoms with Crippen molar-refractivity contribution >= 4 is 11.7 Å². The number of hydrogen-bond acceptors (Lipinski definition) is 5. The van der Waals surface area contributed by atoms with E-state index < -0.39 is 18.4 Å². The predicted molar refractivity (Wildman–Crippen MR) is 110 cm³/mol. The summed E-state index contributed by atoms with van der Waals surface area (Å²) in [5, 5.41) is 11.1. The monoisotopic (exact) mass is 419 g/mol. The number of methoxy groups -OCH3 is 1. The number of amidine groups is 1. The van der Waals surface area contributed by atoms with E-state index in [1.54, 1.807) is 19.1 Å². The van der Waals surface area contributed by atoms with Crippen LogP contribution in [0.25, 0.3) is 0 Å². The van der Waals surface area contributed by atoms with Gasteiger partial charge in [-0.2, -0.15) is 0 Å². The van der Waals surface area contributed by atoms with Crippen LogP contribution >= 0.6 is 0 Å². The van der Waals surface area contributed by atoms with Gasteiger partial charge in [0, 0.05) is 18.7 Å². The van der Waals surface area contributed by atoms with Crippen LogP contribution in [0, 0.1) is 16.7 Å². The van der Waals surface area contributed by atoms with E-state index in [1.807, 2.05) is 25.1 Å². The number of nitrogens with one attached hydrogen (secondary N) is 2. The smallest absolute Gasteiger partial charge is 0.272 e. The molecule has 2 aliphatic rings. The SMILES string of the molecule is C=C1N(C(C)c2ccc(OCC(F)F)c(OC)c2)CC(C(=N)NC(=O)CC)C12C=C2. The second kappa shape index (κ2) is 8.45. The lowest BCUT2D eigenvalue weighted by molar-refractivity contribution is -0.119. The zero-order valence-corrected chi connectivity index (χ0v) is 17.4. The Morgan fingerprint density at radius 1 is 1.40 bits per heavy atom. The maximum atomic E-state index is 12.5. The van der Waals surface area contributed by atoms with Gasteiger partial charge in [-0.1, -0.05) is 31.7 Å². The van der Waals surface area contributed by atoms with Crippen LogP contribution in [0.15, 0.2) is 42.6 Å². The van der Waals surface area contributed by atoms with Crippen LogP contribution in [0.1, 0.15) is 31.9 Å². The minimum absolute atomic E-state index is 0.102. The van der Waals surface area contributed by atoms with Crippen LogP contribution < -0.4 is 14.8 Å². The Morgan fingerprint density at radius 3 is 2.67 bits per heavy atom. The molecule has 2 atom stereocenters. The number of nitrogens with zero attached hydrogens (tertiary/aromatic N) is 1. The summed E-state index contributed by atoms with van der Waals surface area (Å²) in [4.78, 5) is 13.8. The van der Waals surface area contributed by atoms with Crippen LogP contribution in [0.5, 0.6) is 11.5 Å². The fraction of sp³-hybridized carbons (Fsp3) is 0.455. The number of carbonyl (C=O) groups excluding carboxylic acids is 1. The summed E-state index contributed by atoms with van der Waals surface area (Å²) < 4.78 is 35.4. The van der Waals surface area contributed by atoms with Crippen LogP contribution in [0.4, 0.5) is 8.78 Å². The van der Waals surface area contributed by atoms with Crippen molar-refractivity contribution in [3.05, 3.63) is 48.2 Å². The third-order valence-corrected chi connectivity index (χ3v) is 5.77. The molecule has 6 nitrogen and oxygen atoms in total. The molecule has 1 aliphatic carbocycles. The van der Waals surface area contributed by atoms with Gasteiger partial charge in [0.1, 0.15) is 12.4 Å². The fourth-order valence-corrected chi connectivity index (χ4v) is 3.87. The van der Waals surface area contributed by atoms with Gasteiger partial charge < -0.3 is 19.7 Å². The molecule has 1 aromatic carbocycles. The molecule has 0 aromatic heterocycles. The summed E-state index contributed by atoms with van der Waals surface area (Å²) in [6, 6.07) is 5.10. The fourth-order valence-electron chi connectivity index (χ4n) is 3.87. The van der Waals surface area contributed by atoms with E-state index in [0.717, 1.165) is 11.3 Å². The summed E-state index contributed by atoms with van der Waals surface area (Å²) in [6.45, 7) is 7.84. The Kier molecular flexibility index (Phi) is 6.14. The molecule has 0 bridgehead atoms. The highest BCUT2D eigenvalue weighted by atomic mass is 19.3. The standard InChI is InChI=1S/C22H27F2N3O3/c1-5-20(28)26-21(25)16-11-27(14(3)22(16)8-9-22)13(2)15-6-7-17(18(10-15)29-4)30-12-19(23)24/h6-10,13,16,19H,3,5,11-12H2,1-2,4H3,(H2,25,26,28). The Labute approximate surface area is 175 Å². The van der Waals surface area contributed by atoms with Gasteiger partial charge in [-0.05, 0) is 24.6 Å². The number of rotatable bonds is 8. The minimum atomic E-state index is -2.57. The topological polar surface area (TPSA) is 74.7 Å². The first-order valence-corrected chi connectivity index (χ1v) is 9.87. The van der Waals surface area contributed by atoms with E-state index >= 15 is 0 Å². The molecule has 30 heavy (non-hydrogen) atoms. The predicted octanol–water partition coefficient (Wildman–Crippen LogP) is 3.91. The van der Waals surface area contributed by atoms with Gasteiger partial charge in [0.25, 0.3) is 6.43 Å². The third kappa shape index (κ3) is 4.04. The molecule has 1 heterocycles. The van der Waals surface area contributed by atoms with E-state index in [1.165, 1.54) is 7.11 Å². The van der Waals surface area contributed by atoms with E-state index in [2.05, 4.69) is 16.8 Å². The van der Waals surface area contributed by atoms with Crippen molar-refractivity contribution in [2.45, 2.75) is 32.7 Å². The summed E-state index contributed by atoms with van der Waals surface area (Å²) in [6.07, 6.45) is 1.78. The third-order valence-electron chi connectivity index (χ3n) is 5.77. The first-order chi connectivity index (χ1) is 14.2. The number of hydrogen-bond donors (Lipinski definition) is 2. The molecule has 2 unspecified atom stereocenters. The van der Waals surface area contributed by atoms with Gasteiger partial charge in [0.05, 0.1) is 24.5 Å². The second-order valence-corrected chi connectivity index (χ2v) is 7.52.